The highest BCUT2D eigenvalue weighted by molar-refractivity contribution is 7.89. The van der Waals surface area contributed by atoms with E-state index >= 15 is 0 Å². The number of rotatable bonds is 3. The average molecular weight is 393 g/mol. The maximum atomic E-state index is 13.0. The van der Waals surface area contributed by atoms with Crippen molar-refractivity contribution in [1.82, 2.24) is 9.62 Å². The number of piperidine rings is 1. The zero-order valence-electron chi connectivity index (χ0n) is 13.7. The zero-order chi connectivity index (χ0) is 18.4. The van der Waals surface area contributed by atoms with Crippen molar-refractivity contribution in [1.29, 1.82) is 0 Å². The first-order valence-corrected chi connectivity index (χ1v) is 10.4. The second kappa shape index (κ2) is 6.26. The van der Waals surface area contributed by atoms with Crippen LogP contribution in [0.1, 0.15) is 17.7 Å². The summed E-state index contributed by atoms with van der Waals surface area (Å²) >= 11 is 1.45. The first-order valence-electron chi connectivity index (χ1n) is 8.12. The third-order valence-corrected chi connectivity index (χ3v) is 7.43. The number of nitrogens with one attached hydrogen (secondary N) is 1. The topological polar surface area (TPSA) is 78.8 Å². The number of halogens is 1. The summed E-state index contributed by atoms with van der Waals surface area (Å²) in [6, 6.07) is 8.49. The van der Waals surface area contributed by atoms with E-state index in [0.29, 0.717) is 18.6 Å². The number of thiophene rings is 1. The molecule has 4 rings (SSSR count). The Morgan fingerprint density at radius 3 is 2.46 bits per heavy atom. The summed E-state index contributed by atoms with van der Waals surface area (Å²) in [6.45, 7) is 0.475. The Labute approximate surface area is 154 Å². The Balaban J connectivity index is 1.53. The van der Waals surface area contributed by atoms with Crippen molar-refractivity contribution in [2.24, 2.45) is 4.99 Å². The Kier molecular flexibility index (Phi) is 4.17. The number of sulfonamides is 1. The fourth-order valence-electron chi connectivity index (χ4n) is 3.23. The molecule has 2 aromatic rings. The van der Waals surface area contributed by atoms with Crippen molar-refractivity contribution < 1.29 is 17.6 Å². The second-order valence-electron chi connectivity index (χ2n) is 6.28. The monoisotopic (exact) mass is 393 g/mol. The molecular formula is C17H16FN3O3S2. The van der Waals surface area contributed by atoms with Crippen LogP contribution in [0.5, 0.6) is 0 Å². The highest BCUT2D eigenvalue weighted by Gasteiger charge is 2.44. The van der Waals surface area contributed by atoms with Crippen LogP contribution in [0.15, 0.2) is 51.7 Å². The molecule has 6 nitrogen and oxygen atoms in total. The Bertz CT molecular complexity index is 961. The number of aliphatic imine (C=N–C) groups is 1. The van der Waals surface area contributed by atoms with Crippen LogP contribution in [0.4, 0.5) is 4.39 Å². The van der Waals surface area contributed by atoms with Gasteiger partial charge in [0.15, 0.2) is 0 Å². The van der Waals surface area contributed by atoms with Crippen LogP contribution >= 0.6 is 11.3 Å². The molecule has 0 aliphatic carbocycles. The molecule has 1 aromatic carbocycles. The Hall–Kier alpha value is -2.10. The molecule has 1 N–H and O–H groups in total. The van der Waals surface area contributed by atoms with Crippen molar-refractivity contribution in [3.05, 3.63) is 52.5 Å². The second-order valence-corrected chi connectivity index (χ2v) is 9.17. The first-order chi connectivity index (χ1) is 12.4. The van der Waals surface area contributed by atoms with Gasteiger partial charge in [-0.05, 0) is 35.7 Å². The lowest BCUT2D eigenvalue weighted by atomic mass is 10.00. The quantitative estimate of drug-likeness (QED) is 0.866. The van der Waals surface area contributed by atoms with Crippen LogP contribution in [-0.2, 0) is 14.8 Å². The van der Waals surface area contributed by atoms with Crippen LogP contribution in [0, 0.1) is 5.82 Å². The molecule has 0 bridgehead atoms. The molecule has 1 aromatic heterocycles. The fourth-order valence-corrected chi connectivity index (χ4v) is 5.38. The number of hydrogen-bond acceptors (Lipinski definition) is 5. The minimum Gasteiger partial charge on any atom is -0.326 e. The molecule has 1 fully saturated rings. The molecule has 0 unspecified atom stereocenters. The molecule has 0 radical (unpaired) electrons. The molecule has 9 heteroatoms. The van der Waals surface area contributed by atoms with E-state index in [0.717, 1.165) is 17.0 Å². The van der Waals surface area contributed by atoms with Gasteiger partial charge in [-0.1, -0.05) is 6.07 Å². The highest BCUT2D eigenvalue weighted by Crippen LogP contribution is 2.32. The SMILES string of the molecule is O=C1NC2(CCN(S(=O)(=O)c3ccc(F)cc3)CC2)N=C1c1cccs1. The lowest BCUT2D eigenvalue weighted by Gasteiger charge is -2.36. The maximum absolute atomic E-state index is 13.0. The number of benzene rings is 1. The molecule has 0 atom stereocenters. The van der Waals surface area contributed by atoms with Gasteiger partial charge in [0.05, 0.1) is 9.77 Å². The van der Waals surface area contributed by atoms with Gasteiger partial charge in [0.25, 0.3) is 5.91 Å². The third kappa shape index (κ3) is 2.95. The molecule has 2 aliphatic heterocycles. The average Bonchev–Trinajstić information content (AvgIpc) is 3.24. The van der Waals surface area contributed by atoms with E-state index in [4.69, 9.17) is 0 Å². The lowest BCUT2D eigenvalue weighted by Crippen LogP contribution is -2.52. The summed E-state index contributed by atoms with van der Waals surface area (Å²) in [5.41, 5.74) is -0.333. The van der Waals surface area contributed by atoms with Crippen LogP contribution in [-0.4, -0.2) is 43.1 Å². The smallest absolute Gasteiger partial charge is 0.272 e. The predicted octanol–water partition coefficient (Wildman–Crippen LogP) is 1.99. The summed E-state index contributed by atoms with van der Waals surface area (Å²) in [6.07, 6.45) is 0.794. The molecule has 1 amide bonds. The van der Waals surface area contributed by atoms with E-state index in [9.17, 15) is 17.6 Å². The minimum atomic E-state index is -3.69. The van der Waals surface area contributed by atoms with E-state index in [1.54, 1.807) is 0 Å². The minimum absolute atomic E-state index is 0.0630. The largest absolute Gasteiger partial charge is 0.326 e. The molecule has 26 heavy (non-hydrogen) atoms. The molecule has 136 valence electrons. The Morgan fingerprint density at radius 2 is 1.85 bits per heavy atom. The van der Waals surface area contributed by atoms with Crippen molar-refractivity contribution in [2.75, 3.05) is 13.1 Å². The molecule has 3 heterocycles. The van der Waals surface area contributed by atoms with Gasteiger partial charge in [0, 0.05) is 25.9 Å². The summed E-state index contributed by atoms with van der Waals surface area (Å²) in [5.74, 6) is -0.701. The predicted molar refractivity (Wildman–Crippen MR) is 96.1 cm³/mol. The summed E-state index contributed by atoms with van der Waals surface area (Å²) < 4.78 is 39.8. The van der Waals surface area contributed by atoms with E-state index in [1.807, 2.05) is 17.5 Å². The first kappa shape index (κ1) is 17.3. The lowest BCUT2D eigenvalue weighted by molar-refractivity contribution is -0.115. The van der Waals surface area contributed by atoms with Gasteiger partial charge < -0.3 is 5.32 Å². The molecular weight excluding hydrogens is 377 g/mol. The van der Waals surface area contributed by atoms with Crippen LogP contribution in [0.2, 0.25) is 0 Å². The van der Waals surface area contributed by atoms with Crippen LogP contribution < -0.4 is 5.32 Å². The van der Waals surface area contributed by atoms with E-state index in [1.165, 1.54) is 27.8 Å². The molecule has 2 aliphatic rings. The normalized spacial score (nSPS) is 20.2. The van der Waals surface area contributed by atoms with Gasteiger partial charge >= 0.3 is 0 Å². The van der Waals surface area contributed by atoms with E-state index in [-0.39, 0.29) is 23.9 Å². The van der Waals surface area contributed by atoms with Crippen LogP contribution in [0.3, 0.4) is 0 Å². The van der Waals surface area contributed by atoms with Crippen molar-refractivity contribution in [3.8, 4) is 0 Å². The summed E-state index contributed by atoms with van der Waals surface area (Å²) in [7, 11) is -3.69. The van der Waals surface area contributed by atoms with Gasteiger partial charge in [-0.15, -0.1) is 11.3 Å². The van der Waals surface area contributed by atoms with Crippen molar-refractivity contribution in [3.63, 3.8) is 0 Å². The van der Waals surface area contributed by atoms with Gasteiger partial charge in [-0.25, -0.2) is 12.8 Å². The zero-order valence-corrected chi connectivity index (χ0v) is 15.3. The Morgan fingerprint density at radius 1 is 1.15 bits per heavy atom. The standard InChI is InChI=1S/C17H16FN3O3S2/c18-12-3-5-13(6-4-12)26(23,24)21-9-7-17(8-10-21)19-15(16(22)20-17)14-2-1-11-25-14/h1-6,11H,7-10H2,(H,20,22). The number of carbonyl (C=O) groups excluding carboxylic acids is 1. The van der Waals surface area contributed by atoms with Gasteiger partial charge in [-0.3, -0.25) is 9.79 Å². The van der Waals surface area contributed by atoms with E-state index < -0.39 is 21.5 Å². The van der Waals surface area contributed by atoms with Gasteiger partial charge in [0.1, 0.15) is 17.2 Å². The number of nitrogens with zero attached hydrogens (tertiary/aromatic N) is 2. The fraction of sp³-hybridized carbons (Fsp3) is 0.294. The maximum Gasteiger partial charge on any atom is 0.272 e. The summed E-state index contributed by atoms with van der Waals surface area (Å²) in [5, 5.41) is 4.80. The third-order valence-electron chi connectivity index (χ3n) is 4.64. The van der Waals surface area contributed by atoms with Gasteiger partial charge in [-0.2, -0.15) is 4.31 Å². The summed E-state index contributed by atoms with van der Waals surface area (Å²) in [4.78, 5) is 17.7. The van der Waals surface area contributed by atoms with Gasteiger partial charge in [0.2, 0.25) is 10.0 Å². The van der Waals surface area contributed by atoms with Crippen molar-refractivity contribution in [2.45, 2.75) is 23.4 Å². The van der Waals surface area contributed by atoms with Crippen molar-refractivity contribution >= 4 is 33.0 Å². The molecule has 1 spiro atoms. The molecule has 0 saturated carbocycles. The number of hydrogen-bond donors (Lipinski definition) is 1. The number of amides is 1. The molecule has 1 saturated heterocycles. The van der Waals surface area contributed by atoms with E-state index in [2.05, 4.69) is 10.3 Å². The van der Waals surface area contributed by atoms with Crippen LogP contribution in [0.25, 0.3) is 0 Å². The number of carbonyl (C=O) groups is 1. The highest BCUT2D eigenvalue weighted by atomic mass is 32.2.